The lowest BCUT2D eigenvalue weighted by Crippen LogP contribution is -2.58. The Balaban J connectivity index is 1.53. The first kappa shape index (κ1) is 23.6. The molecule has 2 fully saturated rings. The quantitative estimate of drug-likeness (QED) is 0.414. The van der Waals surface area contributed by atoms with Crippen LogP contribution in [0.25, 0.3) is 5.76 Å². The highest BCUT2D eigenvalue weighted by molar-refractivity contribution is 6.22. The van der Waals surface area contributed by atoms with E-state index in [2.05, 4.69) is 0 Å². The van der Waals surface area contributed by atoms with Gasteiger partial charge in [0.1, 0.15) is 22.8 Å². The third kappa shape index (κ3) is 3.57. The molecule has 186 valence electrons. The summed E-state index contributed by atoms with van der Waals surface area (Å²) in [6, 6.07) is 3.73. The van der Waals surface area contributed by atoms with Gasteiger partial charge in [-0.15, -0.1) is 0 Å². The third-order valence-electron chi connectivity index (χ3n) is 8.57. The zero-order valence-corrected chi connectivity index (χ0v) is 19.5. The number of benzene rings is 1. The number of aliphatic hydroxyl groups is 3. The standard InChI is InChI=1S/C27H31NO7/c28-26(34)21-18(29)12-17-11-16-10-15-9-8-14(7-6-13-4-2-1-3-5-13)22(30)19(15)23(31)20(16)24(32)27(17,35)25(21)33/h8-9,13,16-17,30-31,33,35H,1-7,10-12H2,(H2,28,34)/t16-,17-,27-/m0/s1. The van der Waals surface area contributed by atoms with Crippen LogP contribution in [0.3, 0.4) is 0 Å². The Morgan fingerprint density at radius 2 is 1.77 bits per heavy atom. The number of ketones is 2. The number of hydrogen-bond acceptors (Lipinski definition) is 7. The van der Waals surface area contributed by atoms with Gasteiger partial charge in [0.15, 0.2) is 11.4 Å². The molecule has 4 aliphatic carbocycles. The molecule has 0 unspecified atom stereocenters. The molecule has 0 spiro atoms. The summed E-state index contributed by atoms with van der Waals surface area (Å²) in [5, 5.41) is 44.2. The number of aliphatic hydroxyl groups excluding tert-OH is 2. The molecule has 5 rings (SSSR count). The third-order valence-corrected chi connectivity index (χ3v) is 8.57. The van der Waals surface area contributed by atoms with Gasteiger partial charge in [-0.3, -0.25) is 14.4 Å². The molecule has 3 atom stereocenters. The molecule has 0 bridgehead atoms. The Bertz CT molecular complexity index is 1190. The van der Waals surface area contributed by atoms with E-state index in [4.69, 9.17) is 5.73 Å². The molecule has 1 aromatic carbocycles. The van der Waals surface area contributed by atoms with Crippen molar-refractivity contribution in [2.75, 3.05) is 0 Å². The highest BCUT2D eigenvalue weighted by Gasteiger charge is 2.60. The number of primary amides is 1. The molecular weight excluding hydrogens is 450 g/mol. The first-order valence-electron chi connectivity index (χ1n) is 12.5. The second-order valence-corrected chi connectivity index (χ2v) is 10.6. The molecule has 0 saturated heterocycles. The fourth-order valence-electron chi connectivity index (χ4n) is 6.68. The van der Waals surface area contributed by atoms with Crippen molar-refractivity contribution >= 4 is 23.2 Å². The number of aromatic hydroxyl groups is 1. The molecule has 0 aromatic heterocycles. The molecule has 1 amide bonds. The molecule has 0 aliphatic heterocycles. The topological polar surface area (TPSA) is 158 Å². The number of aryl methyl sites for hydroxylation is 1. The molecular formula is C27H31NO7. The number of carbonyl (C=O) groups excluding carboxylic acids is 3. The minimum absolute atomic E-state index is 0.0694. The van der Waals surface area contributed by atoms with Crippen LogP contribution in [0.4, 0.5) is 0 Å². The average Bonchev–Trinajstić information content (AvgIpc) is 2.81. The summed E-state index contributed by atoms with van der Waals surface area (Å²) >= 11 is 0. The largest absolute Gasteiger partial charge is 0.508 e. The lowest BCUT2D eigenvalue weighted by atomic mass is 9.59. The number of fused-ring (bicyclic) bond motifs is 3. The van der Waals surface area contributed by atoms with Gasteiger partial charge in [-0.25, -0.2) is 0 Å². The van der Waals surface area contributed by atoms with Crippen molar-refractivity contribution in [1.82, 2.24) is 0 Å². The van der Waals surface area contributed by atoms with Gasteiger partial charge in [0.2, 0.25) is 5.78 Å². The van der Waals surface area contributed by atoms with Crippen LogP contribution >= 0.6 is 0 Å². The Hall–Kier alpha value is -3.13. The van der Waals surface area contributed by atoms with E-state index in [-0.39, 0.29) is 29.7 Å². The van der Waals surface area contributed by atoms with E-state index in [0.29, 0.717) is 29.9 Å². The van der Waals surface area contributed by atoms with Gasteiger partial charge in [-0.05, 0) is 48.6 Å². The smallest absolute Gasteiger partial charge is 0.255 e. The molecule has 6 N–H and O–H groups in total. The van der Waals surface area contributed by atoms with Gasteiger partial charge in [-0.1, -0.05) is 44.2 Å². The summed E-state index contributed by atoms with van der Waals surface area (Å²) in [6.45, 7) is 0. The Kier molecular flexibility index (Phi) is 5.74. The van der Waals surface area contributed by atoms with Gasteiger partial charge in [0.05, 0.1) is 5.56 Å². The van der Waals surface area contributed by atoms with E-state index >= 15 is 0 Å². The zero-order valence-electron chi connectivity index (χ0n) is 19.5. The first-order valence-corrected chi connectivity index (χ1v) is 12.5. The van der Waals surface area contributed by atoms with Crippen LogP contribution < -0.4 is 5.73 Å². The summed E-state index contributed by atoms with van der Waals surface area (Å²) in [5.74, 6) is -5.27. The molecule has 0 heterocycles. The lowest BCUT2D eigenvalue weighted by molar-refractivity contribution is -0.147. The van der Waals surface area contributed by atoms with Gasteiger partial charge in [0, 0.05) is 17.9 Å². The highest BCUT2D eigenvalue weighted by Crippen LogP contribution is 2.52. The SMILES string of the molecule is NC(=O)C1=C(O)[C@@]2(O)C(=O)C3=C(O)c4c(ccc(CCC5CCCCC5)c4O)C[C@H]3C[C@H]2CC1=O. The summed E-state index contributed by atoms with van der Waals surface area (Å²) in [4.78, 5) is 37.7. The Labute approximate surface area is 203 Å². The number of phenols is 1. The van der Waals surface area contributed by atoms with Gasteiger partial charge < -0.3 is 26.2 Å². The average molecular weight is 482 g/mol. The Morgan fingerprint density at radius 1 is 1.06 bits per heavy atom. The monoisotopic (exact) mass is 481 g/mol. The number of phenolic OH excluding ortho intramolecular Hbond substituents is 1. The maximum Gasteiger partial charge on any atom is 0.255 e. The van der Waals surface area contributed by atoms with Crippen LogP contribution in [0, 0.1) is 17.8 Å². The van der Waals surface area contributed by atoms with Crippen molar-refractivity contribution in [3.8, 4) is 5.75 Å². The van der Waals surface area contributed by atoms with Crippen molar-refractivity contribution in [2.45, 2.75) is 69.8 Å². The maximum absolute atomic E-state index is 13.5. The van der Waals surface area contributed by atoms with Crippen molar-refractivity contribution in [1.29, 1.82) is 0 Å². The fourth-order valence-corrected chi connectivity index (χ4v) is 6.68. The van der Waals surface area contributed by atoms with Crippen LogP contribution in [0.15, 0.2) is 29.0 Å². The Morgan fingerprint density at radius 3 is 2.46 bits per heavy atom. The van der Waals surface area contributed by atoms with E-state index in [1.165, 1.54) is 32.1 Å². The molecule has 0 radical (unpaired) electrons. The minimum Gasteiger partial charge on any atom is -0.508 e. The molecule has 35 heavy (non-hydrogen) atoms. The van der Waals surface area contributed by atoms with E-state index in [1.54, 1.807) is 0 Å². The lowest BCUT2D eigenvalue weighted by Gasteiger charge is -2.46. The summed E-state index contributed by atoms with van der Waals surface area (Å²) in [6.07, 6.45) is 7.86. The van der Waals surface area contributed by atoms with Crippen molar-refractivity contribution in [3.05, 3.63) is 45.7 Å². The second-order valence-electron chi connectivity index (χ2n) is 10.6. The van der Waals surface area contributed by atoms with Crippen molar-refractivity contribution in [2.24, 2.45) is 23.5 Å². The first-order chi connectivity index (χ1) is 16.6. The second kappa shape index (κ2) is 8.52. The highest BCUT2D eigenvalue weighted by atomic mass is 16.3. The minimum atomic E-state index is -2.52. The molecule has 1 aromatic rings. The van der Waals surface area contributed by atoms with Crippen LogP contribution in [-0.4, -0.2) is 43.5 Å². The summed E-state index contributed by atoms with van der Waals surface area (Å²) < 4.78 is 0. The van der Waals surface area contributed by atoms with Gasteiger partial charge >= 0.3 is 0 Å². The number of hydrogen-bond donors (Lipinski definition) is 5. The van der Waals surface area contributed by atoms with Crippen LogP contribution in [0.5, 0.6) is 5.75 Å². The number of carbonyl (C=O) groups is 3. The molecule has 8 nitrogen and oxygen atoms in total. The number of Topliss-reactive ketones (excluding diaryl/α,β-unsaturated/α-hetero) is 2. The van der Waals surface area contributed by atoms with E-state index in [0.717, 1.165) is 6.42 Å². The fraction of sp³-hybridized carbons (Fsp3) is 0.519. The zero-order chi connectivity index (χ0) is 25.1. The number of rotatable bonds is 4. The normalized spacial score (nSPS) is 29.1. The predicted octanol–water partition coefficient (Wildman–Crippen LogP) is 2.94. The maximum atomic E-state index is 13.5. The van der Waals surface area contributed by atoms with E-state index < -0.39 is 52.0 Å². The van der Waals surface area contributed by atoms with E-state index in [1.807, 2.05) is 12.1 Å². The van der Waals surface area contributed by atoms with Crippen LogP contribution in [0.2, 0.25) is 0 Å². The summed E-state index contributed by atoms with van der Waals surface area (Å²) in [5.41, 5.74) is 3.39. The van der Waals surface area contributed by atoms with Crippen LogP contribution in [0.1, 0.15) is 68.1 Å². The molecule has 2 saturated carbocycles. The van der Waals surface area contributed by atoms with Crippen molar-refractivity contribution in [3.63, 3.8) is 0 Å². The van der Waals surface area contributed by atoms with Gasteiger partial charge in [0.25, 0.3) is 5.91 Å². The number of nitrogens with two attached hydrogens (primary N) is 1. The van der Waals surface area contributed by atoms with Gasteiger partial charge in [-0.2, -0.15) is 0 Å². The van der Waals surface area contributed by atoms with Crippen LogP contribution in [-0.2, 0) is 27.2 Å². The predicted molar refractivity (Wildman–Crippen MR) is 126 cm³/mol. The van der Waals surface area contributed by atoms with E-state index in [9.17, 15) is 34.8 Å². The van der Waals surface area contributed by atoms with Crippen molar-refractivity contribution < 1.29 is 34.8 Å². The number of amides is 1. The molecule has 8 heteroatoms. The summed E-state index contributed by atoms with van der Waals surface area (Å²) in [7, 11) is 0. The molecule has 4 aliphatic rings.